The van der Waals surface area contributed by atoms with Crippen molar-refractivity contribution in [3.05, 3.63) is 17.8 Å². The molecule has 1 aromatic rings. The maximum Gasteiger partial charge on any atom is 0.254 e. The molecule has 2 fully saturated rings. The molecule has 2 atom stereocenters. The SMILES string of the molecule is COc1ncc(NC(=O)CC2CC3CCC(C2)N3)cc1C(N)=O.Cl.Cl. The fourth-order valence-electron chi connectivity index (χ4n) is 3.68. The highest BCUT2D eigenvalue weighted by atomic mass is 35.5. The van der Waals surface area contributed by atoms with Gasteiger partial charge in [0, 0.05) is 18.5 Å². The van der Waals surface area contributed by atoms with Gasteiger partial charge in [0.25, 0.3) is 5.91 Å². The number of anilines is 1. The van der Waals surface area contributed by atoms with E-state index in [1.54, 1.807) is 0 Å². The van der Waals surface area contributed by atoms with Crippen LogP contribution in [0.5, 0.6) is 5.88 Å². The molecule has 0 saturated carbocycles. The van der Waals surface area contributed by atoms with Crippen LogP contribution in [0.2, 0.25) is 0 Å². The Morgan fingerprint density at radius 3 is 2.52 bits per heavy atom. The summed E-state index contributed by atoms with van der Waals surface area (Å²) < 4.78 is 4.99. The number of fused-ring (bicyclic) bond motifs is 2. The molecule has 1 aromatic heterocycles. The molecule has 2 bridgehead atoms. The molecule has 2 aliphatic heterocycles. The first kappa shape index (κ1) is 21.5. The second-order valence-electron chi connectivity index (χ2n) is 6.37. The summed E-state index contributed by atoms with van der Waals surface area (Å²) in [6.07, 6.45) is 6.50. The Balaban J connectivity index is 0.00000156. The summed E-state index contributed by atoms with van der Waals surface area (Å²) in [6.45, 7) is 0. The second kappa shape index (κ2) is 9.22. The first-order valence-corrected chi connectivity index (χ1v) is 7.95. The number of ether oxygens (including phenoxy) is 1. The molecule has 2 unspecified atom stereocenters. The number of aromatic nitrogens is 1. The average Bonchev–Trinajstić information content (AvgIpc) is 2.85. The number of methoxy groups -OCH3 is 1. The highest BCUT2D eigenvalue weighted by Gasteiger charge is 2.34. The number of nitrogens with two attached hydrogens (primary N) is 1. The lowest BCUT2D eigenvalue weighted by atomic mass is 9.89. The topological polar surface area (TPSA) is 106 Å². The van der Waals surface area contributed by atoms with Crippen molar-refractivity contribution < 1.29 is 14.3 Å². The zero-order chi connectivity index (χ0) is 16.4. The van der Waals surface area contributed by atoms with Crippen molar-refractivity contribution in [1.29, 1.82) is 0 Å². The number of pyridine rings is 1. The number of hydrogen-bond donors (Lipinski definition) is 3. The van der Waals surface area contributed by atoms with Gasteiger partial charge in [-0.3, -0.25) is 9.59 Å². The third kappa shape index (κ3) is 5.20. The number of nitrogens with one attached hydrogen (secondary N) is 2. The standard InChI is InChI=1S/C16H22N4O3.2ClH/c1-23-16-13(15(17)22)7-12(8-18-16)20-14(21)6-9-4-10-2-3-11(5-9)19-10;;/h7-11,19H,2-6H2,1H3,(H2,17,22)(H,20,21);2*1H. The van der Waals surface area contributed by atoms with Gasteiger partial charge in [-0.25, -0.2) is 4.98 Å². The summed E-state index contributed by atoms with van der Waals surface area (Å²) in [5, 5.41) is 6.37. The molecule has 3 rings (SSSR count). The lowest BCUT2D eigenvalue weighted by Gasteiger charge is -2.28. The fraction of sp³-hybridized carbons (Fsp3) is 0.562. The van der Waals surface area contributed by atoms with E-state index < -0.39 is 5.91 Å². The van der Waals surface area contributed by atoms with E-state index in [4.69, 9.17) is 10.5 Å². The van der Waals surface area contributed by atoms with Crippen molar-refractivity contribution in [3.8, 4) is 5.88 Å². The van der Waals surface area contributed by atoms with Crippen molar-refractivity contribution in [2.24, 2.45) is 11.7 Å². The maximum absolute atomic E-state index is 12.2. The number of carbonyl (C=O) groups excluding carboxylic acids is 2. The van der Waals surface area contributed by atoms with Crippen LogP contribution in [-0.4, -0.2) is 36.0 Å². The third-order valence-corrected chi connectivity index (χ3v) is 4.64. The number of piperidine rings is 1. The van der Waals surface area contributed by atoms with E-state index in [9.17, 15) is 9.59 Å². The van der Waals surface area contributed by atoms with Gasteiger partial charge in [0.2, 0.25) is 11.8 Å². The fourth-order valence-corrected chi connectivity index (χ4v) is 3.68. The number of nitrogens with zero attached hydrogens (tertiary/aromatic N) is 1. The molecule has 2 aliphatic rings. The third-order valence-electron chi connectivity index (χ3n) is 4.64. The van der Waals surface area contributed by atoms with Gasteiger partial charge in [-0.1, -0.05) is 0 Å². The Morgan fingerprint density at radius 1 is 1.32 bits per heavy atom. The lowest BCUT2D eigenvalue weighted by Crippen LogP contribution is -2.39. The van der Waals surface area contributed by atoms with Crippen LogP contribution in [0.25, 0.3) is 0 Å². The Morgan fingerprint density at radius 2 is 1.96 bits per heavy atom. The minimum absolute atomic E-state index is 0. The lowest BCUT2D eigenvalue weighted by molar-refractivity contribution is -0.117. The summed E-state index contributed by atoms with van der Waals surface area (Å²) in [5.74, 6) is -0.125. The van der Waals surface area contributed by atoms with Crippen LogP contribution in [0.1, 0.15) is 42.5 Å². The highest BCUT2D eigenvalue weighted by molar-refractivity contribution is 5.97. The molecule has 7 nitrogen and oxygen atoms in total. The van der Waals surface area contributed by atoms with Gasteiger partial charge in [-0.15, -0.1) is 24.8 Å². The molecule has 3 heterocycles. The van der Waals surface area contributed by atoms with Gasteiger partial charge in [0.1, 0.15) is 5.56 Å². The van der Waals surface area contributed by atoms with Gasteiger partial charge >= 0.3 is 0 Å². The van der Waals surface area contributed by atoms with E-state index in [1.807, 2.05) is 0 Å². The molecule has 2 saturated heterocycles. The summed E-state index contributed by atoms with van der Waals surface area (Å²) in [4.78, 5) is 27.6. The first-order chi connectivity index (χ1) is 11.0. The minimum atomic E-state index is -0.639. The number of carbonyl (C=O) groups is 2. The Kier molecular flexibility index (Phi) is 7.92. The predicted molar refractivity (Wildman–Crippen MR) is 99.7 cm³/mol. The molecule has 0 radical (unpaired) electrons. The second-order valence-corrected chi connectivity index (χ2v) is 6.37. The van der Waals surface area contributed by atoms with Crippen LogP contribution < -0.4 is 21.1 Å². The minimum Gasteiger partial charge on any atom is -0.480 e. The first-order valence-electron chi connectivity index (χ1n) is 7.95. The van der Waals surface area contributed by atoms with Crippen LogP contribution in [0.4, 0.5) is 5.69 Å². The van der Waals surface area contributed by atoms with Gasteiger partial charge in [0.05, 0.1) is 19.0 Å². The largest absolute Gasteiger partial charge is 0.480 e. The van der Waals surface area contributed by atoms with E-state index in [1.165, 1.54) is 32.2 Å². The van der Waals surface area contributed by atoms with Crippen LogP contribution in [-0.2, 0) is 4.79 Å². The quantitative estimate of drug-likeness (QED) is 0.711. The van der Waals surface area contributed by atoms with E-state index >= 15 is 0 Å². The molecular weight excluding hydrogens is 367 g/mol. The number of primary amides is 1. The van der Waals surface area contributed by atoms with Gasteiger partial charge in [-0.2, -0.15) is 0 Å². The van der Waals surface area contributed by atoms with E-state index in [0.717, 1.165) is 12.8 Å². The zero-order valence-corrected chi connectivity index (χ0v) is 15.6. The van der Waals surface area contributed by atoms with Crippen LogP contribution in [0.15, 0.2) is 12.3 Å². The van der Waals surface area contributed by atoms with Gasteiger partial charge in [-0.05, 0) is 37.7 Å². The number of rotatable bonds is 5. The average molecular weight is 391 g/mol. The smallest absolute Gasteiger partial charge is 0.254 e. The zero-order valence-electron chi connectivity index (χ0n) is 14.0. The highest BCUT2D eigenvalue weighted by Crippen LogP contribution is 2.32. The summed E-state index contributed by atoms with van der Waals surface area (Å²) in [6, 6.07) is 2.63. The normalized spacial score (nSPS) is 23.8. The van der Waals surface area contributed by atoms with E-state index in [2.05, 4.69) is 15.6 Å². The summed E-state index contributed by atoms with van der Waals surface area (Å²) in [7, 11) is 1.42. The van der Waals surface area contributed by atoms with Crippen molar-refractivity contribution >= 4 is 42.3 Å². The summed E-state index contributed by atoms with van der Waals surface area (Å²) >= 11 is 0. The number of hydrogen-bond acceptors (Lipinski definition) is 5. The number of halogens is 2. The van der Waals surface area contributed by atoms with Crippen molar-refractivity contribution in [3.63, 3.8) is 0 Å². The van der Waals surface area contributed by atoms with Crippen molar-refractivity contribution in [1.82, 2.24) is 10.3 Å². The van der Waals surface area contributed by atoms with Crippen LogP contribution in [0, 0.1) is 5.92 Å². The molecule has 4 N–H and O–H groups in total. The van der Waals surface area contributed by atoms with Gasteiger partial charge < -0.3 is 21.1 Å². The molecule has 140 valence electrons. The summed E-state index contributed by atoms with van der Waals surface area (Å²) in [5.41, 5.74) is 5.92. The van der Waals surface area contributed by atoms with Crippen molar-refractivity contribution in [2.45, 2.75) is 44.2 Å². The molecule has 2 amide bonds. The van der Waals surface area contributed by atoms with Crippen LogP contribution >= 0.6 is 24.8 Å². The monoisotopic (exact) mass is 390 g/mol. The number of amides is 2. The van der Waals surface area contributed by atoms with E-state index in [0.29, 0.717) is 30.1 Å². The van der Waals surface area contributed by atoms with Gasteiger partial charge in [0.15, 0.2) is 0 Å². The van der Waals surface area contributed by atoms with Crippen molar-refractivity contribution in [2.75, 3.05) is 12.4 Å². The predicted octanol–water partition coefficient (Wildman–Crippen LogP) is 1.89. The van der Waals surface area contributed by atoms with Crippen LogP contribution in [0.3, 0.4) is 0 Å². The Labute approximate surface area is 159 Å². The maximum atomic E-state index is 12.2. The molecular formula is C16H24Cl2N4O3. The molecule has 0 spiro atoms. The molecule has 0 aliphatic carbocycles. The Hall–Kier alpha value is -1.57. The molecule has 0 aromatic carbocycles. The van der Waals surface area contributed by atoms with E-state index in [-0.39, 0.29) is 42.2 Å². The molecule has 25 heavy (non-hydrogen) atoms. The molecule has 9 heteroatoms. The Bertz CT molecular complexity index is 617.